The van der Waals surface area contributed by atoms with Gasteiger partial charge in [-0.1, -0.05) is 49.6 Å². The Balaban J connectivity index is 1.79. The van der Waals surface area contributed by atoms with Crippen molar-refractivity contribution in [1.82, 2.24) is 15.5 Å². The van der Waals surface area contributed by atoms with E-state index in [1.54, 1.807) is 11.8 Å². The van der Waals surface area contributed by atoms with E-state index in [1.165, 1.54) is 19.3 Å². The molecule has 0 radical (unpaired) electrons. The molecule has 1 aliphatic rings. The van der Waals surface area contributed by atoms with Crippen LogP contribution in [0.2, 0.25) is 0 Å². The van der Waals surface area contributed by atoms with Gasteiger partial charge < -0.3 is 15.5 Å². The van der Waals surface area contributed by atoms with E-state index in [-0.39, 0.29) is 18.0 Å². The summed E-state index contributed by atoms with van der Waals surface area (Å²) in [7, 11) is 0. The molecule has 0 bridgehead atoms. The van der Waals surface area contributed by atoms with Gasteiger partial charge in [0.25, 0.3) is 0 Å². The van der Waals surface area contributed by atoms with Crippen molar-refractivity contribution < 1.29 is 9.59 Å². The first-order valence-corrected chi connectivity index (χ1v) is 8.94. The fourth-order valence-corrected chi connectivity index (χ4v) is 3.31. The molecule has 1 aromatic carbocycles. The molecule has 0 heterocycles. The largest absolute Gasteiger partial charge is 0.336 e. The standard InChI is InChI=1S/C19H29N3O2/c1-15(17-9-5-3-6-10-17)22(16(2)23)14-13-20-19(24)21-18-11-7-4-8-12-18/h3,5-6,9-10,15,18H,4,7-8,11-14H2,1-2H3,(H2,20,21,24). The molecule has 1 aromatic rings. The van der Waals surface area contributed by atoms with E-state index in [9.17, 15) is 9.59 Å². The molecular weight excluding hydrogens is 302 g/mol. The fourth-order valence-electron chi connectivity index (χ4n) is 3.31. The van der Waals surface area contributed by atoms with Gasteiger partial charge in [-0.25, -0.2) is 4.79 Å². The lowest BCUT2D eigenvalue weighted by atomic mass is 9.96. The first kappa shape index (κ1) is 18.3. The summed E-state index contributed by atoms with van der Waals surface area (Å²) in [6.45, 7) is 4.54. The van der Waals surface area contributed by atoms with E-state index in [0.29, 0.717) is 19.1 Å². The summed E-state index contributed by atoms with van der Waals surface area (Å²) < 4.78 is 0. The van der Waals surface area contributed by atoms with Gasteiger partial charge in [-0.15, -0.1) is 0 Å². The van der Waals surface area contributed by atoms with Crippen molar-refractivity contribution in [3.8, 4) is 0 Å². The summed E-state index contributed by atoms with van der Waals surface area (Å²) >= 11 is 0. The maximum atomic E-state index is 12.0. The fraction of sp³-hybridized carbons (Fsp3) is 0.579. The Morgan fingerprint density at radius 1 is 1.17 bits per heavy atom. The lowest BCUT2D eigenvalue weighted by Gasteiger charge is -2.29. The van der Waals surface area contributed by atoms with Gasteiger partial charge in [-0.05, 0) is 25.3 Å². The van der Waals surface area contributed by atoms with Gasteiger partial charge in [0.15, 0.2) is 0 Å². The number of carbonyl (C=O) groups excluding carboxylic acids is 2. The van der Waals surface area contributed by atoms with Crippen molar-refractivity contribution in [1.29, 1.82) is 0 Å². The lowest BCUT2D eigenvalue weighted by Crippen LogP contribution is -2.46. The SMILES string of the molecule is CC(=O)N(CCNC(=O)NC1CCCCC1)C(C)c1ccccc1. The Morgan fingerprint density at radius 3 is 2.46 bits per heavy atom. The lowest BCUT2D eigenvalue weighted by molar-refractivity contribution is -0.130. The van der Waals surface area contributed by atoms with Crippen LogP contribution in [0.1, 0.15) is 57.6 Å². The second kappa shape index (κ2) is 9.30. The third-order valence-electron chi connectivity index (χ3n) is 4.73. The predicted octanol–water partition coefficient (Wildman–Crippen LogP) is 3.23. The van der Waals surface area contributed by atoms with Crippen LogP contribution in [0.3, 0.4) is 0 Å². The van der Waals surface area contributed by atoms with Crippen LogP contribution in [0, 0.1) is 0 Å². The van der Waals surface area contributed by atoms with Gasteiger partial charge in [0.1, 0.15) is 0 Å². The minimum Gasteiger partial charge on any atom is -0.336 e. The van der Waals surface area contributed by atoms with Crippen molar-refractivity contribution in [2.45, 2.75) is 58.0 Å². The monoisotopic (exact) mass is 331 g/mol. The minimum absolute atomic E-state index is 0.00749. The highest BCUT2D eigenvalue weighted by Gasteiger charge is 2.19. The summed E-state index contributed by atoms with van der Waals surface area (Å²) in [5.74, 6) is 0.0147. The van der Waals surface area contributed by atoms with Crippen molar-refractivity contribution in [3.05, 3.63) is 35.9 Å². The van der Waals surface area contributed by atoms with Crippen LogP contribution in [0.15, 0.2) is 30.3 Å². The third-order valence-corrected chi connectivity index (χ3v) is 4.73. The zero-order valence-corrected chi connectivity index (χ0v) is 14.8. The summed E-state index contributed by atoms with van der Waals surface area (Å²) in [6.07, 6.45) is 5.79. The normalized spacial score (nSPS) is 16.2. The summed E-state index contributed by atoms with van der Waals surface area (Å²) in [6, 6.07) is 10.1. The quantitative estimate of drug-likeness (QED) is 0.841. The zero-order chi connectivity index (χ0) is 17.4. The summed E-state index contributed by atoms with van der Waals surface area (Å²) in [5.41, 5.74) is 1.10. The highest BCUT2D eigenvalue weighted by Crippen LogP contribution is 2.19. The summed E-state index contributed by atoms with van der Waals surface area (Å²) in [4.78, 5) is 25.7. The highest BCUT2D eigenvalue weighted by atomic mass is 16.2. The number of rotatable bonds is 6. The van der Waals surface area contributed by atoms with E-state index >= 15 is 0 Å². The smallest absolute Gasteiger partial charge is 0.315 e. The number of benzene rings is 1. The first-order valence-electron chi connectivity index (χ1n) is 8.94. The Bertz CT molecular complexity index is 527. The Labute approximate surface area is 144 Å². The average molecular weight is 331 g/mol. The second-order valence-electron chi connectivity index (χ2n) is 6.53. The molecule has 3 amide bonds. The van der Waals surface area contributed by atoms with E-state index in [1.807, 2.05) is 37.3 Å². The number of nitrogens with zero attached hydrogens (tertiary/aromatic N) is 1. The van der Waals surface area contributed by atoms with Crippen LogP contribution in [0.5, 0.6) is 0 Å². The topological polar surface area (TPSA) is 61.4 Å². The van der Waals surface area contributed by atoms with Gasteiger partial charge in [0.2, 0.25) is 5.91 Å². The van der Waals surface area contributed by atoms with Gasteiger partial charge in [-0.3, -0.25) is 4.79 Å². The molecule has 0 aliphatic heterocycles. The van der Waals surface area contributed by atoms with E-state index < -0.39 is 0 Å². The molecular formula is C19H29N3O2. The molecule has 1 aliphatic carbocycles. The Morgan fingerprint density at radius 2 is 1.83 bits per heavy atom. The van der Waals surface area contributed by atoms with Crippen molar-refractivity contribution in [2.75, 3.05) is 13.1 Å². The molecule has 1 saturated carbocycles. The van der Waals surface area contributed by atoms with Crippen LogP contribution < -0.4 is 10.6 Å². The average Bonchev–Trinajstić information content (AvgIpc) is 2.59. The molecule has 2 rings (SSSR count). The number of hydrogen-bond donors (Lipinski definition) is 2. The van der Waals surface area contributed by atoms with Gasteiger partial charge in [0.05, 0.1) is 6.04 Å². The van der Waals surface area contributed by atoms with E-state index in [2.05, 4.69) is 10.6 Å². The second-order valence-corrected chi connectivity index (χ2v) is 6.53. The van der Waals surface area contributed by atoms with Gasteiger partial charge in [-0.2, -0.15) is 0 Å². The van der Waals surface area contributed by atoms with Crippen LogP contribution in [0.25, 0.3) is 0 Å². The van der Waals surface area contributed by atoms with Crippen molar-refractivity contribution in [3.63, 3.8) is 0 Å². The number of carbonyl (C=O) groups is 2. The van der Waals surface area contributed by atoms with Gasteiger partial charge >= 0.3 is 6.03 Å². The van der Waals surface area contributed by atoms with E-state index in [4.69, 9.17) is 0 Å². The molecule has 132 valence electrons. The molecule has 0 spiro atoms. The van der Waals surface area contributed by atoms with Crippen LogP contribution in [0.4, 0.5) is 4.79 Å². The number of amides is 3. The van der Waals surface area contributed by atoms with Crippen LogP contribution in [-0.4, -0.2) is 36.0 Å². The van der Waals surface area contributed by atoms with Crippen molar-refractivity contribution in [2.24, 2.45) is 0 Å². The molecule has 5 heteroatoms. The molecule has 2 N–H and O–H groups in total. The molecule has 5 nitrogen and oxygen atoms in total. The maximum Gasteiger partial charge on any atom is 0.315 e. The molecule has 0 saturated heterocycles. The van der Waals surface area contributed by atoms with E-state index in [0.717, 1.165) is 18.4 Å². The maximum absolute atomic E-state index is 12.0. The minimum atomic E-state index is -0.127. The zero-order valence-electron chi connectivity index (χ0n) is 14.8. The third kappa shape index (κ3) is 5.55. The van der Waals surface area contributed by atoms with Crippen LogP contribution in [-0.2, 0) is 4.79 Å². The first-order chi connectivity index (χ1) is 11.6. The predicted molar refractivity (Wildman–Crippen MR) is 95.7 cm³/mol. The molecule has 1 fully saturated rings. The van der Waals surface area contributed by atoms with Crippen LogP contribution >= 0.6 is 0 Å². The summed E-state index contributed by atoms with van der Waals surface area (Å²) in [5, 5.41) is 5.91. The Kier molecular flexibility index (Phi) is 7.09. The number of nitrogens with one attached hydrogen (secondary N) is 2. The molecule has 1 atom stereocenters. The number of urea groups is 1. The molecule has 0 aromatic heterocycles. The number of hydrogen-bond acceptors (Lipinski definition) is 2. The van der Waals surface area contributed by atoms with Gasteiger partial charge in [0, 0.05) is 26.1 Å². The van der Waals surface area contributed by atoms with Crippen molar-refractivity contribution >= 4 is 11.9 Å². The Hall–Kier alpha value is -2.04. The molecule has 24 heavy (non-hydrogen) atoms. The molecule has 1 unspecified atom stereocenters. The highest BCUT2D eigenvalue weighted by molar-refractivity contribution is 5.75.